The van der Waals surface area contributed by atoms with Crippen LogP contribution >= 0.6 is 0 Å². The van der Waals surface area contributed by atoms with Gasteiger partial charge in [-0.3, -0.25) is 20.0 Å². The minimum Gasteiger partial charge on any atom is -0.456 e. The normalized spacial score (nSPS) is 15.3. The molecular formula is C45H46F2N6O6S. The number of carbonyl (C=O) groups is 1. The highest BCUT2D eigenvalue weighted by atomic mass is 32.2. The molecule has 15 heteroatoms. The number of carbonyl (C=O) groups excluding carboxylic acids is 1. The zero-order valence-electron chi connectivity index (χ0n) is 33.0. The molecule has 2 fully saturated rings. The number of sulfonamides is 1. The third-order valence-corrected chi connectivity index (χ3v) is 12.4. The second kappa shape index (κ2) is 18.1. The molecule has 0 saturated carbocycles. The number of amides is 1. The smallest absolute Gasteiger partial charge is 0.268 e. The Hall–Kier alpha value is -6.00. The molecule has 312 valence electrons. The quantitative estimate of drug-likeness (QED) is 0.0798. The first-order valence-electron chi connectivity index (χ1n) is 19.8. The van der Waals surface area contributed by atoms with Crippen LogP contribution in [0.5, 0.6) is 11.5 Å². The SMILES string of the molecule is CONc1cc(S(=O)(=O)NC(=O)c2ccc(N3CCN(C(c4ccc(F)cc4)c4ccc(F)cc4)CC3)cc2Oc2ccc3[nH]ccc3c2)ccc1NCC1CCOCC1. The minimum absolute atomic E-state index is 0.0211. The van der Waals surface area contributed by atoms with E-state index in [9.17, 15) is 22.0 Å². The Morgan fingerprint density at radius 2 is 1.53 bits per heavy atom. The van der Waals surface area contributed by atoms with Crippen LogP contribution in [0.15, 0.2) is 120 Å². The molecule has 5 aromatic carbocycles. The number of piperazine rings is 1. The number of nitrogens with zero attached hydrogens (tertiary/aromatic N) is 2. The molecule has 8 rings (SSSR count). The molecule has 3 heterocycles. The lowest BCUT2D eigenvalue weighted by Gasteiger charge is -2.40. The number of hydrogen-bond donors (Lipinski definition) is 4. The summed E-state index contributed by atoms with van der Waals surface area (Å²) in [6.45, 7) is 4.51. The number of nitrogens with one attached hydrogen (secondary N) is 4. The maximum absolute atomic E-state index is 14.0. The third-order valence-electron chi connectivity index (χ3n) is 11.0. The van der Waals surface area contributed by atoms with Gasteiger partial charge in [0.15, 0.2) is 0 Å². The molecule has 2 aliphatic heterocycles. The molecule has 0 spiro atoms. The predicted molar refractivity (Wildman–Crippen MR) is 227 cm³/mol. The summed E-state index contributed by atoms with van der Waals surface area (Å²) in [6.07, 6.45) is 3.68. The average molecular weight is 837 g/mol. The van der Waals surface area contributed by atoms with Crippen LogP contribution in [0.4, 0.5) is 25.8 Å². The molecule has 0 radical (unpaired) electrons. The molecule has 6 aromatic rings. The summed E-state index contributed by atoms with van der Waals surface area (Å²) in [5, 5.41) is 4.28. The van der Waals surface area contributed by atoms with E-state index in [1.54, 1.807) is 54.6 Å². The standard InChI is InChI=1S/C45H46F2N6O6S/c1-57-50-42-28-38(12-15-41(42)49-29-30-17-24-58-25-18-30)60(55,56)51-45(54)39-13-10-36(27-43(39)59-37-11-14-40-33(26-37)16-19-48-40)52-20-22-53(23-21-52)44(31-2-6-34(46)7-3-31)32-4-8-35(47)9-5-32/h2-16,19,26-28,30,44,48-50H,17-18,20-25,29H2,1H3,(H,51,54). The number of rotatable bonds is 14. The lowest BCUT2D eigenvalue weighted by molar-refractivity contribution is 0.0699. The number of halogens is 2. The van der Waals surface area contributed by atoms with E-state index >= 15 is 0 Å². The van der Waals surface area contributed by atoms with Crippen LogP contribution in [-0.2, 0) is 19.6 Å². The number of anilines is 3. The molecule has 0 aliphatic carbocycles. The van der Waals surface area contributed by atoms with Gasteiger partial charge in [0.05, 0.1) is 35.0 Å². The second-order valence-electron chi connectivity index (χ2n) is 14.9. The van der Waals surface area contributed by atoms with Gasteiger partial charge in [-0.15, -0.1) is 0 Å². The fourth-order valence-corrected chi connectivity index (χ4v) is 8.82. The lowest BCUT2D eigenvalue weighted by atomic mass is 9.96. The van der Waals surface area contributed by atoms with E-state index in [0.29, 0.717) is 69.0 Å². The summed E-state index contributed by atoms with van der Waals surface area (Å²) in [7, 11) is -2.93. The number of fused-ring (bicyclic) bond motifs is 1. The number of hydrogen-bond acceptors (Lipinski definition) is 10. The van der Waals surface area contributed by atoms with E-state index in [1.165, 1.54) is 43.5 Å². The van der Waals surface area contributed by atoms with Crippen molar-refractivity contribution in [2.75, 3.05) is 68.7 Å². The van der Waals surface area contributed by atoms with Gasteiger partial charge >= 0.3 is 0 Å². The van der Waals surface area contributed by atoms with Crippen LogP contribution in [0.2, 0.25) is 0 Å². The van der Waals surface area contributed by atoms with Crippen LogP contribution in [0.25, 0.3) is 10.9 Å². The van der Waals surface area contributed by atoms with Crippen molar-refractivity contribution >= 4 is 43.9 Å². The number of H-pyrrole nitrogens is 1. The van der Waals surface area contributed by atoms with E-state index in [0.717, 1.165) is 40.6 Å². The van der Waals surface area contributed by atoms with Crippen LogP contribution in [0.1, 0.15) is 40.4 Å². The van der Waals surface area contributed by atoms with Gasteiger partial charge < -0.3 is 24.7 Å². The predicted octanol–water partition coefficient (Wildman–Crippen LogP) is 8.08. The van der Waals surface area contributed by atoms with Gasteiger partial charge in [-0.25, -0.2) is 21.9 Å². The zero-order chi connectivity index (χ0) is 41.6. The van der Waals surface area contributed by atoms with Crippen LogP contribution < -0.4 is 25.2 Å². The fraction of sp³-hybridized carbons (Fsp3) is 0.267. The minimum atomic E-state index is -4.36. The molecule has 0 atom stereocenters. The number of aromatic amines is 1. The van der Waals surface area contributed by atoms with Gasteiger partial charge in [-0.1, -0.05) is 24.3 Å². The number of benzene rings is 5. The Morgan fingerprint density at radius 1 is 0.833 bits per heavy atom. The zero-order valence-corrected chi connectivity index (χ0v) is 33.8. The van der Waals surface area contributed by atoms with Crippen molar-refractivity contribution in [3.63, 3.8) is 0 Å². The van der Waals surface area contributed by atoms with E-state index in [4.69, 9.17) is 14.3 Å². The van der Waals surface area contributed by atoms with Crippen molar-refractivity contribution in [1.29, 1.82) is 0 Å². The van der Waals surface area contributed by atoms with E-state index in [2.05, 4.69) is 30.3 Å². The first kappa shape index (κ1) is 40.8. The van der Waals surface area contributed by atoms with Crippen molar-refractivity contribution in [3.8, 4) is 11.5 Å². The summed E-state index contributed by atoms with van der Waals surface area (Å²) < 4.78 is 69.5. The molecule has 12 nitrogen and oxygen atoms in total. The first-order valence-corrected chi connectivity index (χ1v) is 21.3. The highest BCUT2D eigenvalue weighted by Gasteiger charge is 2.29. The molecule has 0 unspecified atom stereocenters. The molecule has 2 saturated heterocycles. The fourth-order valence-electron chi connectivity index (χ4n) is 7.82. The van der Waals surface area contributed by atoms with Crippen LogP contribution in [-0.4, -0.2) is 77.3 Å². The van der Waals surface area contributed by atoms with Crippen molar-refractivity contribution < 1.29 is 36.3 Å². The second-order valence-corrected chi connectivity index (χ2v) is 16.6. The van der Waals surface area contributed by atoms with Gasteiger partial charge in [0, 0.05) is 74.8 Å². The van der Waals surface area contributed by atoms with Crippen molar-refractivity contribution in [2.24, 2.45) is 5.92 Å². The Labute approximate surface area is 347 Å². The number of ether oxygens (including phenoxy) is 2. The summed E-state index contributed by atoms with van der Waals surface area (Å²) in [5.74, 6) is -0.488. The maximum Gasteiger partial charge on any atom is 0.268 e. The lowest BCUT2D eigenvalue weighted by Crippen LogP contribution is -2.48. The van der Waals surface area contributed by atoms with Gasteiger partial charge in [-0.05, 0) is 109 Å². The van der Waals surface area contributed by atoms with Gasteiger partial charge in [0.1, 0.15) is 23.1 Å². The first-order chi connectivity index (χ1) is 29.1. The number of aromatic nitrogens is 1. The Bertz CT molecular complexity index is 2500. The van der Waals surface area contributed by atoms with E-state index < -0.39 is 15.9 Å². The van der Waals surface area contributed by atoms with E-state index in [-0.39, 0.29) is 33.9 Å². The average Bonchev–Trinajstić information content (AvgIpc) is 3.73. The van der Waals surface area contributed by atoms with Gasteiger partial charge in [0.2, 0.25) is 0 Å². The summed E-state index contributed by atoms with van der Waals surface area (Å²) >= 11 is 0. The van der Waals surface area contributed by atoms with Gasteiger partial charge in [0.25, 0.3) is 15.9 Å². The largest absolute Gasteiger partial charge is 0.456 e. The summed E-state index contributed by atoms with van der Waals surface area (Å²) in [5.41, 5.74) is 7.28. The monoisotopic (exact) mass is 836 g/mol. The maximum atomic E-state index is 14.0. The molecule has 2 aliphatic rings. The highest BCUT2D eigenvalue weighted by Crippen LogP contribution is 2.35. The Balaban J connectivity index is 1.03. The highest BCUT2D eigenvalue weighted by molar-refractivity contribution is 7.90. The molecule has 0 bridgehead atoms. The van der Waals surface area contributed by atoms with Crippen molar-refractivity contribution in [1.82, 2.24) is 14.6 Å². The Kier molecular flexibility index (Phi) is 12.3. The third kappa shape index (κ3) is 9.39. The van der Waals surface area contributed by atoms with Crippen molar-refractivity contribution in [3.05, 3.63) is 144 Å². The summed E-state index contributed by atoms with van der Waals surface area (Å²) in [4.78, 5) is 26.6. The molecule has 1 amide bonds. The molecular weight excluding hydrogens is 791 g/mol. The Morgan fingerprint density at radius 3 is 2.22 bits per heavy atom. The summed E-state index contributed by atoms with van der Waals surface area (Å²) in [6, 6.07) is 29.5. The topological polar surface area (TPSA) is 137 Å². The van der Waals surface area contributed by atoms with Crippen LogP contribution in [0, 0.1) is 17.6 Å². The molecule has 60 heavy (non-hydrogen) atoms. The van der Waals surface area contributed by atoms with Crippen LogP contribution in [0.3, 0.4) is 0 Å². The molecule has 1 aromatic heterocycles. The molecule has 4 N–H and O–H groups in total. The van der Waals surface area contributed by atoms with E-state index in [1.807, 2.05) is 24.4 Å². The van der Waals surface area contributed by atoms with Gasteiger partial charge in [-0.2, -0.15) is 0 Å². The van der Waals surface area contributed by atoms with Crippen molar-refractivity contribution in [2.45, 2.75) is 23.8 Å².